The van der Waals surface area contributed by atoms with E-state index in [0.717, 1.165) is 40.0 Å². The molecule has 0 bridgehead atoms. The molecule has 1 aromatic heterocycles. The van der Waals surface area contributed by atoms with Crippen LogP contribution in [0.15, 0.2) is 42.5 Å². The first kappa shape index (κ1) is 15.0. The summed E-state index contributed by atoms with van der Waals surface area (Å²) in [5.74, 6) is 2.26. The molecule has 1 saturated carbocycles. The lowest BCUT2D eigenvalue weighted by Crippen LogP contribution is -2.16. The molecule has 0 amide bonds. The summed E-state index contributed by atoms with van der Waals surface area (Å²) in [6.07, 6.45) is 1.18. The molecule has 1 fully saturated rings. The Balaban J connectivity index is 1.33. The first-order chi connectivity index (χ1) is 11.2. The Kier molecular flexibility index (Phi) is 4.02. The highest BCUT2D eigenvalue weighted by Crippen LogP contribution is 2.46. The largest absolute Gasteiger partial charge is 0.342 e. The maximum absolute atomic E-state index is 6.02. The average molecular weight is 346 g/mol. The molecule has 1 aliphatic rings. The molecule has 2 aromatic carbocycles. The normalized spacial score (nSPS) is 20.1. The lowest BCUT2D eigenvalue weighted by Gasteiger charge is -2.04. The molecular weight excluding hydrogens is 329 g/mol. The van der Waals surface area contributed by atoms with Crippen molar-refractivity contribution in [3.63, 3.8) is 0 Å². The Labute approximate surface area is 145 Å². The van der Waals surface area contributed by atoms with Crippen molar-refractivity contribution in [2.45, 2.75) is 18.9 Å². The molecule has 1 heterocycles. The van der Waals surface area contributed by atoms with Crippen molar-refractivity contribution in [1.82, 2.24) is 15.3 Å². The number of hydrogen-bond acceptors (Lipinski definition) is 2. The van der Waals surface area contributed by atoms with Gasteiger partial charge in [-0.15, -0.1) is 0 Å². The van der Waals surface area contributed by atoms with E-state index >= 15 is 0 Å². The third kappa shape index (κ3) is 3.37. The molecule has 3 nitrogen and oxygen atoms in total. The van der Waals surface area contributed by atoms with E-state index in [0.29, 0.717) is 11.8 Å². The van der Waals surface area contributed by atoms with Crippen LogP contribution in [0, 0.1) is 5.92 Å². The van der Waals surface area contributed by atoms with E-state index in [2.05, 4.69) is 27.4 Å². The summed E-state index contributed by atoms with van der Waals surface area (Å²) in [7, 11) is 0. The van der Waals surface area contributed by atoms with Crippen molar-refractivity contribution in [2.75, 3.05) is 6.54 Å². The van der Waals surface area contributed by atoms with E-state index in [1.165, 1.54) is 12.0 Å². The van der Waals surface area contributed by atoms with Gasteiger partial charge in [-0.3, -0.25) is 0 Å². The number of aromatic nitrogens is 2. The highest BCUT2D eigenvalue weighted by atomic mass is 35.5. The van der Waals surface area contributed by atoms with E-state index in [1.54, 1.807) is 0 Å². The molecule has 4 rings (SSSR count). The molecule has 0 aliphatic heterocycles. The number of halogens is 2. The lowest BCUT2D eigenvalue weighted by atomic mass is 10.2. The highest BCUT2D eigenvalue weighted by Gasteiger charge is 2.40. The number of H-pyrrole nitrogens is 1. The minimum atomic E-state index is 0.527. The molecule has 0 radical (unpaired) electrons. The van der Waals surface area contributed by atoms with Gasteiger partial charge in [0.25, 0.3) is 0 Å². The fourth-order valence-corrected chi connectivity index (χ4v) is 3.29. The minimum Gasteiger partial charge on any atom is -0.342 e. The molecule has 118 valence electrons. The fraction of sp³-hybridized carbons (Fsp3) is 0.278. The maximum atomic E-state index is 6.02. The maximum Gasteiger partial charge on any atom is 0.110 e. The number of aromatic amines is 1. The van der Waals surface area contributed by atoms with Crippen LogP contribution in [-0.2, 0) is 6.54 Å². The fourth-order valence-electron chi connectivity index (χ4n) is 2.99. The minimum absolute atomic E-state index is 0.527. The molecule has 0 unspecified atom stereocenters. The number of hydrogen-bond donors (Lipinski definition) is 2. The van der Waals surface area contributed by atoms with Gasteiger partial charge in [-0.1, -0.05) is 35.3 Å². The standard InChI is InChI=1S/C18H17Cl2N3/c19-13-3-1-11(2-4-13)9-21-10-12-7-15(12)18-22-16-6-5-14(20)8-17(16)23-18/h1-6,8,12,15,21H,7,9-10H2,(H,22,23)/t12-,15+/m0/s1. The first-order valence-electron chi connectivity index (χ1n) is 7.79. The predicted molar refractivity (Wildman–Crippen MR) is 95.1 cm³/mol. The van der Waals surface area contributed by atoms with Gasteiger partial charge < -0.3 is 10.3 Å². The molecule has 0 saturated heterocycles. The Morgan fingerprint density at radius 3 is 2.70 bits per heavy atom. The molecule has 0 spiro atoms. The van der Waals surface area contributed by atoms with Crippen molar-refractivity contribution in [2.24, 2.45) is 5.92 Å². The predicted octanol–water partition coefficient (Wildman–Crippen LogP) is 4.76. The molecular formula is C18H17Cl2N3. The van der Waals surface area contributed by atoms with Crippen LogP contribution in [0.3, 0.4) is 0 Å². The first-order valence-corrected chi connectivity index (χ1v) is 8.55. The Hall–Kier alpha value is -1.55. The third-order valence-electron chi connectivity index (χ3n) is 4.38. The van der Waals surface area contributed by atoms with Crippen molar-refractivity contribution in [3.05, 3.63) is 63.9 Å². The molecule has 3 aromatic rings. The summed E-state index contributed by atoms with van der Waals surface area (Å²) in [5.41, 5.74) is 3.27. The summed E-state index contributed by atoms with van der Waals surface area (Å²) in [6, 6.07) is 13.8. The summed E-state index contributed by atoms with van der Waals surface area (Å²) in [4.78, 5) is 8.09. The molecule has 2 atom stereocenters. The molecule has 5 heteroatoms. The van der Waals surface area contributed by atoms with Gasteiger partial charge in [-0.2, -0.15) is 0 Å². The second-order valence-electron chi connectivity index (χ2n) is 6.14. The number of nitrogens with one attached hydrogen (secondary N) is 2. The zero-order valence-corrected chi connectivity index (χ0v) is 14.0. The van der Waals surface area contributed by atoms with E-state index in [4.69, 9.17) is 23.2 Å². The molecule has 2 N–H and O–H groups in total. The van der Waals surface area contributed by atoms with Crippen LogP contribution in [0.1, 0.15) is 23.7 Å². The van der Waals surface area contributed by atoms with Crippen molar-refractivity contribution >= 4 is 34.2 Å². The Morgan fingerprint density at radius 2 is 1.87 bits per heavy atom. The number of benzene rings is 2. The lowest BCUT2D eigenvalue weighted by molar-refractivity contribution is 0.623. The van der Waals surface area contributed by atoms with E-state index < -0.39 is 0 Å². The topological polar surface area (TPSA) is 40.7 Å². The van der Waals surface area contributed by atoms with E-state index in [1.807, 2.05) is 30.3 Å². The van der Waals surface area contributed by atoms with Gasteiger partial charge in [0, 0.05) is 22.5 Å². The summed E-state index contributed by atoms with van der Waals surface area (Å²) >= 11 is 11.9. The van der Waals surface area contributed by atoms with Crippen LogP contribution in [0.25, 0.3) is 11.0 Å². The summed E-state index contributed by atoms with van der Waals surface area (Å²) in [6.45, 7) is 1.88. The SMILES string of the molecule is Clc1ccc(CNC[C@@H]2C[C@H]2c2nc3ccc(Cl)cc3[nH]2)cc1. The summed E-state index contributed by atoms with van der Waals surface area (Å²) in [5, 5.41) is 5.04. The zero-order chi connectivity index (χ0) is 15.8. The van der Waals surface area contributed by atoms with Crippen molar-refractivity contribution in [1.29, 1.82) is 0 Å². The van der Waals surface area contributed by atoms with Gasteiger partial charge in [-0.05, 0) is 54.8 Å². The number of imidazole rings is 1. The van der Waals surface area contributed by atoms with Gasteiger partial charge >= 0.3 is 0 Å². The van der Waals surface area contributed by atoms with E-state index in [9.17, 15) is 0 Å². The second kappa shape index (κ2) is 6.16. The Bertz CT molecular complexity index is 826. The van der Waals surface area contributed by atoms with Crippen molar-refractivity contribution in [3.8, 4) is 0 Å². The third-order valence-corrected chi connectivity index (χ3v) is 4.87. The van der Waals surface area contributed by atoms with Crippen LogP contribution >= 0.6 is 23.2 Å². The number of rotatable bonds is 5. The van der Waals surface area contributed by atoms with Gasteiger partial charge in [0.1, 0.15) is 5.82 Å². The van der Waals surface area contributed by atoms with Crippen LogP contribution in [0.5, 0.6) is 0 Å². The van der Waals surface area contributed by atoms with Gasteiger partial charge in [0.2, 0.25) is 0 Å². The highest BCUT2D eigenvalue weighted by molar-refractivity contribution is 6.31. The molecule has 1 aliphatic carbocycles. The molecule has 23 heavy (non-hydrogen) atoms. The van der Waals surface area contributed by atoms with Crippen LogP contribution in [0.4, 0.5) is 0 Å². The zero-order valence-electron chi connectivity index (χ0n) is 12.5. The van der Waals surface area contributed by atoms with Crippen LogP contribution in [0.2, 0.25) is 10.0 Å². The average Bonchev–Trinajstić information content (AvgIpc) is 3.19. The number of nitrogens with zero attached hydrogens (tertiary/aromatic N) is 1. The Morgan fingerprint density at radius 1 is 1.09 bits per heavy atom. The van der Waals surface area contributed by atoms with Gasteiger partial charge in [0.15, 0.2) is 0 Å². The quantitative estimate of drug-likeness (QED) is 0.699. The van der Waals surface area contributed by atoms with Crippen LogP contribution < -0.4 is 5.32 Å². The second-order valence-corrected chi connectivity index (χ2v) is 7.02. The van der Waals surface area contributed by atoms with Crippen molar-refractivity contribution < 1.29 is 0 Å². The van der Waals surface area contributed by atoms with Gasteiger partial charge in [-0.25, -0.2) is 4.98 Å². The van der Waals surface area contributed by atoms with Gasteiger partial charge in [0.05, 0.1) is 11.0 Å². The monoisotopic (exact) mass is 345 g/mol. The van der Waals surface area contributed by atoms with E-state index in [-0.39, 0.29) is 0 Å². The van der Waals surface area contributed by atoms with Crippen LogP contribution in [-0.4, -0.2) is 16.5 Å². The smallest absolute Gasteiger partial charge is 0.110 e. The number of fused-ring (bicyclic) bond motifs is 1. The summed E-state index contributed by atoms with van der Waals surface area (Å²) < 4.78 is 0.